The van der Waals surface area contributed by atoms with Crippen LogP contribution in [-0.2, 0) is 9.53 Å². The molecule has 0 radical (unpaired) electrons. The number of carbonyl (C=O) groups excluding carboxylic acids is 2. The second kappa shape index (κ2) is 8.29. The molecule has 0 unspecified atom stereocenters. The summed E-state index contributed by atoms with van der Waals surface area (Å²) in [6.45, 7) is 6.65. The summed E-state index contributed by atoms with van der Waals surface area (Å²) >= 11 is 0. The average molecular weight is 356 g/mol. The molecule has 0 spiro atoms. The Bertz CT molecular complexity index is 783. The predicted molar refractivity (Wildman–Crippen MR) is 99.7 cm³/mol. The van der Waals surface area contributed by atoms with Crippen molar-refractivity contribution in [3.63, 3.8) is 0 Å². The molecule has 1 aliphatic rings. The lowest BCUT2D eigenvalue weighted by Gasteiger charge is -2.32. The van der Waals surface area contributed by atoms with Crippen LogP contribution in [0.25, 0.3) is 10.8 Å². The molecule has 6 heteroatoms. The molecule has 1 saturated heterocycles. The molecule has 1 aliphatic heterocycles. The highest BCUT2D eigenvalue weighted by molar-refractivity contribution is 5.99. The number of nitrogens with one attached hydrogen (secondary N) is 3. The van der Waals surface area contributed by atoms with Gasteiger partial charge in [0, 0.05) is 5.56 Å². The molecule has 26 heavy (non-hydrogen) atoms. The maximum absolute atomic E-state index is 12.2. The van der Waals surface area contributed by atoms with Crippen molar-refractivity contribution >= 4 is 22.6 Å². The van der Waals surface area contributed by atoms with Crippen LogP contribution >= 0.6 is 0 Å². The second-order valence-electron chi connectivity index (χ2n) is 6.98. The number of hydrogen-bond donors (Lipinski definition) is 3. The fraction of sp³-hybridized carbons (Fsp3) is 0.400. The van der Waals surface area contributed by atoms with Gasteiger partial charge in [-0.3, -0.25) is 20.4 Å². The van der Waals surface area contributed by atoms with Crippen LogP contribution in [0.2, 0.25) is 0 Å². The Hall–Kier alpha value is -2.44. The third-order valence-corrected chi connectivity index (χ3v) is 4.65. The normalized spacial score (nSPS) is 22.8. The molecule has 0 aliphatic carbocycles. The first-order valence-corrected chi connectivity index (χ1v) is 9.08. The quantitative estimate of drug-likeness (QED) is 0.706. The molecule has 2 aromatic carbocycles. The predicted octanol–water partition coefficient (Wildman–Crippen LogP) is 0.683. The van der Waals surface area contributed by atoms with Gasteiger partial charge in [0.1, 0.15) is 25.3 Å². The van der Waals surface area contributed by atoms with Crippen LogP contribution in [0.5, 0.6) is 0 Å². The molecule has 1 heterocycles. The summed E-state index contributed by atoms with van der Waals surface area (Å²) in [5.41, 5.74) is 5.52. The standard InChI is InChI=1S/C20H25N3O3/c1-14-12-23(13-15(2)26-14)10-9-19(24)21-22-20(25)18-8-7-16-5-3-4-6-17(16)11-18/h3-8,11,14-15H,9-10,12-13H2,1-2H3,(H,21,24)(H,22,25)/p+1/t14-,15-/m1/s1. The van der Waals surface area contributed by atoms with E-state index in [1.165, 1.54) is 4.90 Å². The van der Waals surface area contributed by atoms with Crippen molar-refractivity contribution in [1.29, 1.82) is 0 Å². The molecule has 3 N–H and O–H groups in total. The molecule has 1 fully saturated rings. The molecule has 2 aromatic rings. The van der Waals surface area contributed by atoms with E-state index in [4.69, 9.17) is 4.74 Å². The zero-order valence-electron chi connectivity index (χ0n) is 15.2. The van der Waals surface area contributed by atoms with Crippen LogP contribution in [0, 0.1) is 0 Å². The largest absolute Gasteiger partial charge is 0.364 e. The summed E-state index contributed by atoms with van der Waals surface area (Å²) in [6, 6.07) is 13.3. The molecule has 3 rings (SSSR count). The van der Waals surface area contributed by atoms with Gasteiger partial charge in [-0.25, -0.2) is 0 Å². The Morgan fingerprint density at radius 3 is 2.46 bits per heavy atom. The summed E-state index contributed by atoms with van der Waals surface area (Å²) in [4.78, 5) is 25.6. The average Bonchev–Trinajstić information content (AvgIpc) is 2.63. The van der Waals surface area contributed by atoms with E-state index in [0.29, 0.717) is 12.0 Å². The van der Waals surface area contributed by atoms with E-state index in [1.807, 2.05) is 36.4 Å². The van der Waals surface area contributed by atoms with Crippen LogP contribution in [0.1, 0.15) is 30.6 Å². The van der Waals surface area contributed by atoms with E-state index < -0.39 is 0 Å². The number of benzene rings is 2. The summed E-state index contributed by atoms with van der Waals surface area (Å²) in [5, 5.41) is 2.07. The lowest BCUT2D eigenvalue weighted by molar-refractivity contribution is -0.914. The summed E-state index contributed by atoms with van der Waals surface area (Å²) in [6.07, 6.45) is 0.793. The number of rotatable bonds is 4. The lowest BCUT2D eigenvalue weighted by Crippen LogP contribution is -3.15. The number of hydrogen-bond acceptors (Lipinski definition) is 3. The van der Waals surface area contributed by atoms with Gasteiger partial charge in [0.05, 0.1) is 13.0 Å². The van der Waals surface area contributed by atoms with E-state index in [2.05, 4.69) is 24.7 Å². The van der Waals surface area contributed by atoms with Crippen LogP contribution in [0.4, 0.5) is 0 Å². The maximum atomic E-state index is 12.2. The highest BCUT2D eigenvalue weighted by Crippen LogP contribution is 2.15. The van der Waals surface area contributed by atoms with Crippen molar-refractivity contribution in [3.05, 3.63) is 48.0 Å². The Morgan fingerprint density at radius 2 is 1.73 bits per heavy atom. The minimum absolute atomic E-state index is 0.182. The number of amides is 2. The van der Waals surface area contributed by atoms with Crippen LogP contribution in [0.15, 0.2) is 42.5 Å². The van der Waals surface area contributed by atoms with Gasteiger partial charge in [-0.05, 0) is 36.8 Å². The summed E-state index contributed by atoms with van der Waals surface area (Å²) < 4.78 is 5.70. The Kier molecular flexibility index (Phi) is 5.85. The van der Waals surface area contributed by atoms with Gasteiger partial charge in [-0.1, -0.05) is 30.3 Å². The van der Waals surface area contributed by atoms with E-state index in [-0.39, 0.29) is 24.0 Å². The summed E-state index contributed by atoms with van der Waals surface area (Å²) in [7, 11) is 0. The topological polar surface area (TPSA) is 71.9 Å². The Balaban J connectivity index is 1.46. The molecular weight excluding hydrogens is 330 g/mol. The van der Waals surface area contributed by atoms with E-state index in [0.717, 1.165) is 30.4 Å². The lowest BCUT2D eigenvalue weighted by atomic mass is 10.1. The van der Waals surface area contributed by atoms with E-state index >= 15 is 0 Å². The summed E-state index contributed by atoms with van der Waals surface area (Å²) in [5.74, 6) is -0.497. The number of fused-ring (bicyclic) bond motifs is 1. The molecule has 0 aromatic heterocycles. The first-order valence-electron chi connectivity index (χ1n) is 9.08. The van der Waals surface area contributed by atoms with Crippen molar-refractivity contribution in [2.24, 2.45) is 0 Å². The molecule has 2 amide bonds. The number of hydrazine groups is 1. The fourth-order valence-electron chi connectivity index (χ4n) is 3.48. The molecule has 6 nitrogen and oxygen atoms in total. The molecule has 0 saturated carbocycles. The first-order chi connectivity index (χ1) is 12.5. The molecule has 2 atom stereocenters. The number of quaternary nitrogens is 1. The zero-order valence-corrected chi connectivity index (χ0v) is 15.2. The van der Waals surface area contributed by atoms with Crippen molar-refractivity contribution in [3.8, 4) is 0 Å². The van der Waals surface area contributed by atoms with Gasteiger partial charge >= 0.3 is 0 Å². The van der Waals surface area contributed by atoms with Gasteiger partial charge in [0.25, 0.3) is 5.91 Å². The fourth-order valence-corrected chi connectivity index (χ4v) is 3.48. The van der Waals surface area contributed by atoms with Crippen molar-refractivity contribution in [1.82, 2.24) is 10.9 Å². The van der Waals surface area contributed by atoms with Gasteiger partial charge in [-0.2, -0.15) is 0 Å². The monoisotopic (exact) mass is 356 g/mol. The number of ether oxygens (including phenoxy) is 1. The van der Waals surface area contributed by atoms with Crippen LogP contribution in [0.3, 0.4) is 0 Å². The maximum Gasteiger partial charge on any atom is 0.269 e. The van der Waals surface area contributed by atoms with Gasteiger partial charge in [0.15, 0.2) is 0 Å². The van der Waals surface area contributed by atoms with E-state index in [9.17, 15) is 9.59 Å². The van der Waals surface area contributed by atoms with E-state index in [1.54, 1.807) is 6.07 Å². The SMILES string of the molecule is C[C@@H]1C[NH+](CCC(=O)NNC(=O)c2ccc3ccccc3c2)C[C@@H](C)O1. The first kappa shape index (κ1) is 18.4. The van der Waals surface area contributed by atoms with Crippen molar-refractivity contribution in [2.75, 3.05) is 19.6 Å². The highest BCUT2D eigenvalue weighted by Gasteiger charge is 2.25. The van der Waals surface area contributed by atoms with Gasteiger partial charge in [0.2, 0.25) is 5.91 Å². The highest BCUT2D eigenvalue weighted by atomic mass is 16.5. The molecule has 138 valence electrons. The Labute approximate surface area is 153 Å². The Morgan fingerprint density at radius 1 is 1.04 bits per heavy atom. The molecular formula is C20H26N3O3+. The third-order valence-electron chi connectivity index (χ3n) is 4.65. The minimum Gasteiger partial charge on any atom is -0.364 e. The molecule has 0 bridgehead atoms. The zero-order chi connectivity index (χ0) is 18.5. The van der Waals surface area contributed by atoms with Gasteiger partial charge in [-0.15, -0.1) is 0 Å². The van der Waals surface area contributed by atoms with Crippen molar-refractivity contribution < 1.29 is 19.2 Å². The number of carbonyl (C=O) groups is 2. The van der Waals surface area contributed by atoms with Crippen LogP contribution in [-0.4, -0.2) is 43.7 Å². The smallest absolute Gasteiger partial charge is 0.269 e. The van der Waals surface area contributed by atoms with Crippen LogP contribution < -0.4 is 15.8 Å². The number of morpholine rings is 1. The van der Waals surface area contributed by atoms with Crippen molar-refractivity contribution in [2.45, 2.75) is 32.5 Å². The third kappa shape index (κ3) is 4.80. The minimum atomic E-state index is -0.315. The second-order valence-corrected chi connectivity index (χ2v) is 6.98. The van der Waals surface area contributed by atoms with Gasteiger partial charge < -0.3 is 9.64 Å².